The van der Waals surface area contributed by atoms with E-state index in [9.17, 15) is 46.2 Å². The minimum absolute atomic E-state index is 0.0758. The lowest BCUT2D eigenvalue weighted by molar-refractivity contribution is -0.384. The average molecular weight is 527 g/mol. The lowest BCUT2D eigenvalue weighted by Crippen LogP contribution is -2.14. The summed E-state index contributed by atoms with van der Waals surface area (Å²) in [5.74, 6) is -1.71. The summed E-state index contributed by atoms with van der Waals surface area (Å²) < 4.78 is 64.9. The molecule has 0 saturated carbocycles. The second-order valence-electron chi connectivity index (χ2n) is 6.81. The summed E-state index contributed by atoms with van der Waals surface area (Å²) in [7, 11) is -9.59. The largest absolute Gasteiger partial charge is 0.476 e. The fourth-order valence-electron chi connectivity index (χ4n) is 2.88. The quantitative estimate of drug-likeness (QED) is 0.149. The number of aryl methyl sites for hydroxylation is 1. The first-order valence-corrected chi connectivity index (χ1v) is 11.8. The number of carboxylic acid groups (broad SMARTS) is 1. The van der Waals surface area contributed by atoms with Crippen LogP contribution in [0, 0.1) is 17.0 Å². The van der Waals surface area contributed by atoms with Crippen molar-refractivity contribution in [1.82, 2.24) is 9.78 Å². The van der Waals surface area contributed by atoms with Crippen LogP contribution >= 0.6 is 0 Å². The molecule has 0 aliphatic carbocycles. The molecular formula is C17H13N5O11S2. The summed E-state index contributed by atoms with van der Waals surface area (Å²) in [6, 6.07) is 5.74. The molecule has 0 saturated heterocycles. The van der Waals surface area contributed by atoms with E-state index in [0.717, 1.165) is 36.4 Å². The highest BCUT2D eigenvalue weighted by atomic mass is 32.2. The Morgan fingerprint density at radius 2 is 1.60 bits per heavy atom. The number of aromatic amines is 1. The van der Waals surface area contributed by atoms with E-state index in [4.69, 9.17) is 4.55 Å². The van der Waals surface area contributed by atoms with E-state index in [2.05, 4.69) is 15.3 Å². The maximum absolute atomic E-state index is 12.8. The number of hydrogen-bond donors (Lipinski definition) is 4. The molecule has 0 bridgehead atoms. The van der Waals surface area contributed by atoms with Gasteiger partial charge in [-0.15, -0.1) is 10.2 Å². The van der Waals surface area contributed by atoms with Crippen molar-refractivity contribution < 1.29 is 40.8 Å². The molecule has 2 aromatic carbocycles. The van der Waals surface area contributed by atoms with E-state index in [1.165, 1.54) is 6.92 Å². The number of nitro benzene ring substituents is 1. The summed E-state index contributed by atoms with van der Waals surface area (Å²) in [5.41, 5.74) is -4.76. The van der Waals surface area contributed by atoms with Gasteiger partial charge in [-0.05, 0) is 42.8 Å². The molecule has 0 spiro atoms. The maximum atomic E-state index is 12.8. The van der Waals surface area contributed by atoms with Crippen LogP contribution in [0.3, 0.4) is 0 Å². The molecule has 0 radical (unpaired) electrons. The Balaban J connectivity index is 2.23. The molecule has 1 heterocycles. The molecule has 0 aliphatic rings. The molecule has 0 unspecified atom stereocenters. The second kappa shape index (κ2) is 8.83. The average Bonchev–Trinajstić information content (AvgIpc) is 3.07. The zero-order valence-corrected chi connectivity index (χ0v) is 18.8. The van der Waals surface area contributed by atoms with Gasteiger partial charge in [-0.1, -0.05) is 0 Å². The van der Waals surface area contributed by atoms with E-state index in [0.29, 0.717) is 4.68 Å². The number of nitrogens with zero attached hydrogens (tertiary/aromatic N) is 4. The molecule has 0 fully saturated rings. The molecule has 4 N–H and O–H groups in total. The lowest BCUT2D eigenvalue weighted by atomic mass is 10.2. The molecule has 3 aromatic rings. The Labute approximate surface area is 194 Å². The number of rotatable bonds is 7. The molecule has 35 heavy (non-hydrogen) atoms. The summed E-state index contributed by atoms with van der Waals surface area (Å²) in [5, 5.41) is 29.8. The third-order valence-corrected chi connectivity index (χ3v) is 6.13. The minimum Gasteiger partial charge on any atom is -0.476 e. The second-order valence-corrected chi connectivity index (χ2v) is 9.62. The van der Waals surface area contributed by atoms with E-state index < -0.39 is 69.2 Å². The zero-order chi connectivity index (χ0) is 26.3. The first kappa shape index (κ1) is 25.4. The first-order valence-electron chi connectivity index (χ1n) is 8.95. The van der Waals surface area contributed by atoms with Crippen LogP contribution in [0.5, 0.6) is 0 Å². The fraction of sp³-hybridized carbons (Fsp3) is 0.0588. The number of benzene rings is 2. The Kier molecular flexibility index (Phi) is 6.40. The van der Waals surface area contributed by atoms with E-state index in [-0.39, 0.29) is 11.3 Å². The number of carboxylic acids is 1. The maximum Gasteiger partial charge on any atom is 0.356 e. The highest BCUT2D eigenvalue weighted by Crippen LogP contribution is 2.36. The molecule has 1 aromatic heterocycles. The SMILES string of the molecule is Cc1cc([N+](=O)[O-])c(N=Nc2c(C(=O)O)[nH]n(-c3ccc(S(=O)(=O)O)cc3)c2=O)c(S(=O)(=O)O)c1. The number of aromatic nitrogens is 2. The Morgan fingerprint density at radius 1 is 1.03 bits per heavy atom. The summed E-state index contributed by atoms with van der Waals surface area (Å²) >= 11 is 0. The number of hydrogen-bond acceptors (Lipinski definition) is 10. The van der Waals surface area contributed by atoms with Crippen molar-refractivity contribution in [2.75, 3.05) is 0 Å². The third kappa shape index (κ3) is 5.14. The minimum atomic E-state index is -5.04. The van der Waals surface area contributed by atoms with Crippen molar-refractivity contribution in [3.8, 4) is 5.69 Å². The van der Waals surface area contributed by atoms with Gasteiger partial charge in [0.1, 0.15) is 4.90 Å². The lowest BCUT2D eigenvalue weighted by Gasteiger charge is -2.04. The standard InChI is InChI=1S/C17H13N5O11S2/c1-8-6-11(22(26)27)13(12(7-8)35(31,32)33)18-19-14-15(17(24)25)20-21(16(14)23)9-2-4-10(5-3-9)34(28,29)30/h2-7,20H,1H3,(H,24,25)(H,28,29,30)(H,31,32,33). The zero-order valence-electron chi connectivity index (χ0n) is 17.2. The third-order valence-electron chi connectivity index (χ3n) is 4.40. The van der Waals surface area contributed by atoms with Gasteiger partial charge in [0, 0.05) is 6.07 Å². The van der Waals surface area contributed by atoms with Gasteiger partial charge in [-0.3, -0.25) is 29.1 Å². The van der Waals surface area contributed by atoms with Crippen molar-refractivity contribution in [3.05, 3.63) is 68.1 Å². The van der Waals surface area contributed by atoms with Gasteiger partial charge in [0.15, 0.2) is 17.1 Å². The van der Waals surface area contributed by atoms with Crippen molar-refractivity contribution in [2.24, 2.45) is 10.2 Å². The van der Waals surface area contributed by atoms with Crippen molar-refractivity contribution in [1.29, 1.82) is 0 Å². The molecule has 16 nitrogen and oxygen atoms in total. The van der Waals surface area contributed by atoms with Crippen molar-refractivity contribution in [2.45, 2.75) is 16.7 Å². The van der Waals surface area contributed by atoms with E-state index in [1.807, 2.05) is 0 Å². The summed E-state index contributed by atoms with van der Waals surface area (Å²) in [6.07, 6.45) is 0. The van der Waals surface area contributed by atoms with Gasteiger partial charge in [0.2, 0.25) is 0 Å². The van der Waals surface area contributed by atoms with Crippen LogP contribution in [0.15, 0.2) is 61.2 Å². The van der Waals surface area contributed by atoms with Gasteiger partial charge < -0.3 is 5.11 Å². The van der Waals surface area contributed by atoms with Crippen molar-refractivity contribution in [3.63, 3.8) is 0 Å². The number of azo groups is 1. The molecule has 3 rings (SSSR count). The molecule has 0 aliphatic heterocycles. The number of nitro groups is 1. The number of nitrogens with one attached hydrogen (secondary N) is 1. The van der Waals surface area contributed by atoms with Gasteiger partial charge in [0.05, 0.1) is 15.5 Å². The molecule has 0 amide bonds. The summed E-state index contributed by atoms with van der Waals surface area (Å²) in [4.78, 5) is 33.3. The van der Waals surface area contributed by atoms with Crippen LogP contribution in [0.2, 0.25) is 0 Å². The van der Waals surface area contributed by atoms with Crippen LogP contribution in [0.4, 0.5) is 17.1 Å². The van der Waals surface area contributed by atoms with Gasteiger partial charge >= 0.3 is 5.97 Å². The summed E-state index contributed by atoms with van der Waals surface area (Å²) in [6.45, 7) is 1.31. The van der Waals surface area contributed by atoms with Gasteiger partial charge in [-0.2, -0.15) is 16.8 Å². The molecular weight excluding hydrogens is 514 g/mol. The first-order chi connectivity index (χ1) is 16.1. The van der Waals surface area contributed by atoms with Crippen LogP contribution in [0.25, 0.3) is 5.69 Å². The van der Waals surface area contributed by atoms with E-state index in [1.54, 1.807) is 0 Å². The molecule has 18 heteroatoms. The molecule has 0 atom stereocenters. The fourth-order valence-corrected chi connectivity index (χ4v) is 4.09. The predicted molar refractivity (Wildman–Crippen MR) is 115 cm³/mol. The monoisotopic (exact) mass is 527 g/mol. The van der Waals surface area contributed by atoms with Crippen LogP contribution < -0.4 is 5.56 Å². The van der Waals surface area contributed by atoms with Crippen LogP contribution in [-0.4, -0.2) is 51.7 Å². The van der Waals surface area contributed by atoms with E-state index >= 15 is 0 Å². The Morgan fingerprint density at radius 3 is 2.09 bits per heavy atom. The molecule has 184 valence electrons. The van der Waals surface area contributed by atoms with Gasteiger partial charge in [0.25, 0.3) is 31.5 Å². The smallest absolute Gasteiger partial charge is 0.356 e. The highest BCUT2D eigenvalue weighted by molar-refractivity contribution is 7.86. The number of H-pyrrole nitrogens is 1. The van der Waals surface area contributed by atoms with Crippen LogP contribution in [-0.2, 0) is 20.2 Å². The highest BCUT2D eigenvalue weighted by Gasteiger charge is 2.27. The van der Waals surface area contributed by atoms with Gasteiger partial charge in [-0.25, -0.2) is 9.48 Å². The van der Waals surface area contributed by atoms with Crippen molar-refractivity contribution >= 4 is 43.3 Å². The Bertz CT molecular complexity index is 1670. The topological polar surface area (TPSA) is 252 Å². The Hall–Kier alpha value is -4.26. The number of carbonyl (C=O) groups is 1. The van der Waals surface area contributed by atoms with Crippen LogP contribution in [0.1, 0.15) is 16.1 Å². The number of aromatic carboxylic acids is 1. The normalized spacial score (nSPS) is 12.2. The predicted octanol–water partition coefficient (Wildman–Crippen LogP) is 1.99.